The topological polar surface area (TPSA) is 90.8 Å². The van der Waals surface area contributed by atoms with Gasteiger partial charge >= 0.3 is 0 Å². The summed E-state index contributed by atoms with van der Waals surface area (Å²) < 4.78 is 11.9. The fourth-order valence-electron chi connectivity index (χ4n) is 4.88. The molecule has 202 valence electrons. The summed E-state index contributed by atoms with van der Waals surface area (Å²) in [6.45, 7) is 22.1. The summed E-state index contributed by atoms with van der Waals surface area (Å²) >= 11 is 0. The van der Waals surface area contributed by atoms with Gasteiger partial charge in [0.2, 0.25) is 0 Å². The third-order valence-corrected chi connectivity index (χ3v) is 5.67. The van der Waals surface area contributed by atoms with E-state index in [4.69, 9.17) is 9.47 Å². The minimum atomic E-state index is -1.000. The first-order valence-corrected chi connectivity index (χ1v) is 12.8. The number of carbonyl (C=O) groups is 1. The maximum Gasteiger partial charge on any atom is 0.104 e. The van der Waals surface area contributed by atoms with Crippen molar-refractivity contribution in [2.24, 2.45) is 16.7 Å². The van der Waals surface area contributed by atoms with Gasteiger partial charge < -0.3 is 34.3 Å². The molecule has 0 aromatic rings. The molecule has 7 nitrogen and oxygen atoms in total. The summed E-state index contributed by atoms with van der Waals surface area (Å²) in [7, 11) is 4.15. The number of nitrogens with zero attached hydrogens (tertiary/aromatic N) is 1. The molecular formula is C27H54N2O5. The lowest BCUT2D eigenvalue weighted by Crippen LogP contribution is -2.46. The maximum absolute atomic E-state index is 11.6. The van der Waals surface area contributed by atoms with Crippen molar-refractivity contribution >= 4 is 5.97 Å². The maximum atomic E-state index is 11.6. The molecule has 0 fully saturated rings. The number of hydrogen-bond acceptors (Lipinski definition) is 6. The first-order chi connectivity index (χ1) is 15.5. The molecule has 0 saturated heterocycles. The number of ether oxygens (including phenoxy) is 2. The van der Waals surface area contributed by atoms with Crippen LogP contribution in [0.2, 0.25) is 0 Å². The van der Waals surface area contributed by atoms with Gasteiger partial charge in [-0.1, -0.05) is 46.8 Å². The van der Waals surface area contributed by atoms with Crippen LogP contribution >= 0.6 is 0 Å². The monoisotopic (exact) mass is 486 g/mol. The highest BCUT2D eigenvalue weighted by Gasteiger charge is 2.26. The van der Waals surface area contributed by atoms with Crippen LogP contribution in [-0.2, 0) is 14.3 Å². The van der Waals surface area contributed by atoms with E-state index in [1.807, 2.05) is 0 Å². The van der Waals surface area contributed by atoms with Crippen molar-refractivity contribution in [3.63, 3.8) is 0 Å². The van der Waals surface area contributed by atoms with Crippen molar-refractivity contribution in [2.45, 2.75) is 73.3 Å². The zero-order valence-corrected chi connectivity index (χ0v) is 23.4. The average molecular weight is 487 g/mol. The summed E-state index contributed by atoms with van der Waals surface area (Å²) in [5.74, 6) is -1.52. The Bertz CT molecular complexity index is 582. The van der Waals surface area contributed by atoms with Crippen molar-refractivity contribution < 1.29 is 29.0 Å². The van der Waals surface area contributed by atoms with Crippen molar-refractivity contribution in [3.8, 4) is 0 Å². The van der Waals surface area contributed by atoms with Gasteiger partial charge in [-0.2, -0.15) is 0 Å². The van der Waals surface area contributed by atoms with Gasteiger partial charge in [0.05, 0.1) is 40.5 Å². The number of carboxylic acid groups (broad SMARTS) is 1. The van der Waals surface area contributed by atoms with E-state index in [1.165, 1.54) is 0 Å². The Hall–Kier alpha value is -0.990. The minimum Gasteiger partial charge on any atom is -0.550 e. The van der Waals surface area contributed by atoms with Gasteiger partial charge in [-0.3, -0.25) is 0 Å². The summed E-state index contributed by atoms with van der Waals surface area (Å²) in [5.41, 5.74) is 1.31. The van der Waals surface area contributed by atoms with E-state index in [0.717, 1.165) is 29.4 Å². The number of rotatable bonds is 20. The van der Waals surface area contributed by atoms with Crippen LogP contribution in [-0.4, -0.2) is 88.4 Å². The highest BCUT2D eigenvalue weighted by molar-refractivity contribution is 5.68. The molecule has 0 amide bonds. The second-order valence-electron chi connectivity index (χ2n) is 12.5. The predicted molar refractivity (Wildman–Crippen MR) is 137 cm³/mol. The van der Waals surface area contributed by atoms with E-state index in [9.17, 15) is 15.0 Å². The fraction of sp³-hybridized carbons (Fsp3) is 0.889. The Kier molecular flexibility index (Phi) is 15.4. The van der Waals surface area contributed by atoms with Crippen molar-refractivity contribution in [1.29, 1.82) is 0 Å². The highest BCUT2D eigenvalue weighted by atomic mass is 16.5. The summed E-state index contributed by atoms with van der Waals surface area (Å²) in [5, 5.41) is 24.4. The van der Waals surface area contributed by atoms with Gasteiger partial charge in [-0.25, -0.2) is 0 Å². The first-order valence-electron chi connectivity index (χ1n) is 12.8. The van der Waals surface area contributed by atoms with E-state index >= 15 is 0 Å². The lowest BCUT2D eigenvalue weighted by molar-refractivity contribution is -0.893. The zero-order valence-electron chi connectivity index (χ0n) is 23.4. The van der Waals surface area contributed by atoms with Gasteiger partial charge in [0.15, 0.2) is 0 Å². The zero-order chi connectivity index (χ0) is 26.4. The molecule has 0 heterocycles. The highest BCUT2D eigenvalue weighted by Crippen LogP contribution is 2.38. The predicted octanol–water partition coefficient (Wildman–Crippen LogP) is 2.62. The molecule has 2 atom stereocenters. The molecule has 7 heteroatoms. The molecule has 0 aliphatic rings. The summed E-state index contributed by atoms with van der Waals surface area (Å²) in [6.07, 6.45) is 2.55. The number of aliphatic hydroxyl groups is 1. The number of likely N-dealkylation sites (N-methyl/N-ethyl adjacent to an activating group) is 1. The van der Waals surface area contributed by atoms with Gasteiger partial charge in [-0.15, -0.1) is 0 Å². The van der Waals surface area contributed by atoms with E-state index in [2.05, 4.69) is 60.6 Å². The number of nitrogens with one attached hydrogen (secondary N) is 1. The largest absolute Gasteiger partial charge is 0.550 e. The average Bonchev–Trinajstić information content (AvgIpc) is 2.61. The number of quaternary nitrogens is 1. The number of aliphatic hydroxyl groups excluding tert-OH is 1. The van der Waals surface area contributed by atoms with Crippen LogP contribution < -0.4 is 10.4 Å². The Labute approximate surface area is 209 Å². The molecule has 0 radical (unpaired) electrons. The van der Waals surface area contributed by atoms with Crippen LogP contribution in [0, 0.1) is 16.7 Å². The van der Waals surface area contributed by atoms with Crippen LogP contribution in [0.3, 0.4) is 0 Å². The number of carbonyl (C=O) groups excluding carboxylic acids is 1. The van der Waals surface area contributed by atoms with E-state index in [1.54, 1.807) is 6.92 Å². The molecule has 0 rings (SSSR count). The van der Waals surface area contributed by atoms with Crippen molar-refractivity contribution in [2.75, 3.05) is 66.7 Å². The van der Waals surface area contributed by atoms with Gasteiger partial charge in [0.25, 0.3) is 0 Å². The molecule has 34 heavy (non-hydrogen) atoms. The number of allylic oxidation sites excluding steroid dienone is 1. The number of carboxylic acids is 1. The summed E-state index contributed by atoms with van der Waals surface area (Å²) in [6, 6.07) is 0. The Morgan fingerprint density at radius 3 is 2.18 bits per heavy atom. The molecule has 0 aliphatic heterocycles. The van der Waals surface area contributed by atoms with Gasteiger partial charge in [-0.05, 0) is 50.0 Å². The number of hydrogen-bond donors (Lipinski definition) is 2. The Morgan fingerprint density at radius 1 is 1.06 bits per heavy atom. The second kappa shape index (κ2) is 15.9. The third kappa shape index (κ3) is 19.3. The molecule has 2 unspecified atom stereocenters. The quantitative estimate of drug-likeness (QED) is 0.156. The lowest BCUT2D eigenvalue weighted by Gasteiger charge is -2.34. The van der Waals surface area contributed by atoms with E-state index < -0.39 is 11.9 Å². The standard InChI is InChI=1S/C27H54N2O5/c1-22(19-27(6,7)21-26(3,4)5)18-24(25(31)32)10-11-28-12-14-33-16-17-34-15-13-29(8,9)20-23(2)30/h23-24,28,30H,1,10-21H2,2-9H3. The van der Waals surface area contributed by atoms with E-state index in [-0.39, 0.29) is 16.9 Å². The van der Waals surface area contributed by atoms with E-state index in [0.29, 0.717) is 58.9 Å². The van der Waals surface area contributed by atoms with Crippen LogP contribution in [0.25, 0.3) is 0 Å². The van der Waals surface area contributed by atoms with Crippen LogP contribution in [0.5, 0.6) is 0 Å². The van der Waals surface area contributed by atoms with Crippen LogP contribution in [0.15, 0.2) is 12.2 Å². The molecule has 0 aliphatic carbocycles. The number of aliphatic carboxylic acids is 1. The SMILES string of the molecule is C=C(CC(CCNCCOCCOCC[N+](C)(C)CC(C)O)C(=O)[O-])CC(C)(C)CC(C)(C)C. The fourth-order valence-corrected chi connectivity index (χ4v) is 4.88. The summed E-state index contributed by atoms with van der Waals surface area (Å²) in [4.78, 5) is 11.6. The second-order valence-corrected chi connectivity index (χ2v) is 12.5. The first kappa shape index (κ1) is 33.0. The van der Waals surface area contributed by atoms with Gasteiger partial charge in [0.1, 0.15) is 19.2 Å². The molecule has 0 aromatic heterocycles. The molecule has 0 spiro atoms. The Balaban J connectivity index is 3.96. The van der Waals surface area contributed by atoms with Crippen molar-refractivity contribution in [3.05, 3.63) is 12.2 Å². The molecule has 0 aromatic carbocycles. The third-order valence-electron chi connectivity index (χ3n) is 5.67. The normalized spacial score (nSPS) is 14.7. The lowest BCUT2D eigenvalue weighted by atomic mass is 9.72. The minimum absolute atomic E-state index is 0.0957. The molecule has 0 saturated carbocycles. The van der Waals surface area contributed by atoms with Crippen LogP contribution in [0.1, 0.15) is 67.2 Å². The Morgan fingerprint density at radius 2 is 1.65 bits per heavy atom. The molecular weight excluding hydrogens is 432 g/mol. The molecule has 0 bridgehead atoms. The van der Waals surface area contributed by atoms with Gasteiger partial charge in [0, 0.05) is 18.4 Å². The van der Waals surface area contributed by atoms with Crippen molar-refractivity contribution in [1.82, 2.24) is 5.32 Å². The van der Waals surface area contributed by atoms with Crippen LogP contribution in [0.4, 0.5) is 0 Å². The smallest absolute Gasteiger partial charge is 0.104 e. The molecule has 2 N–H and O–H groups in total.